The van der Waals surface area contributed by atoms with Crippen molar-refractivity contribution in [1.29, 1.82) is 0 Å². The first-order chi connectivity index (χ1) is 9.77. The number of carboxylic acid groups (broad SMARTS) is 2. The van der Waals surface area contributed by atoms with E-state index in [0.29, 0.717) is 0 Å². The maximum absolute atomic E-state index is 12.2. The van der Waals surface area contributed by atoms with Gasteiger partial charge in [-0.25, -0.2) is 8.42 Å². The number of methoxy groups -OCH3 is 1. The molecule has 8 nitrogen and oxygen atoms in total. The maximum Gasteiger partial charge on any atom is 0.321 e. The van der Waals surface area contributed by atoms with Crippen LogP contribution >= 0.6 is 0 Å². The van der Waals surface area contributed by atoms with E-state index in [0.717, 1.165) is 0 Å². The minimum atomic E-state index is -4.14. The van der Waals surface area contributed by atoms with Gasteiger partial charge in [0.1, 0.15) is 16.7 Å². The Bertz CT molecular complexity index is 626. The van der Waals surface area contributed by atoms with Crippen molar-refractivity contribution in [3.63, 3.8) is 0 Å². The zero-order valence-electron chi connectivity index (χ0n) is 11.1. The van der Waals surface area contributed by atoms with Crippen LogP contribution in [-0.2, 0) is 19.6 Å². The van der Waals surface area contributed by atoms with Crippen LogP contribution in [0.15, 0.2) is 29.2 Å². The fraction of sp³-hybridized carbons (Fsp3) is 0.333. The Morgan fingerprint density at radius 2 is 1.90 bits per heavy atom. The molecule has 9 heteroatoms. The molecule has 0 amide bonds. The fourth-order valence-electron chi connectivity index (χ4n) is 1.59. The van der Waals surface area contributed by atoms with E-state index in [1.54, 1.807) is 6.07 Å². The predicted molar refractivity (Wildman–Crippen MR) is 71.6 cm³/mol. The number of carboxylic acids is 2. The highest BCUT2D eigenvalue weighted by atomic mass is 32.2. The molecule has 3 N–H and O–H groups in total. The minimum absolute atomic E-state index is 0.0624. The van der Waals surface area contributed by atoms with Crippen molar-refractivity contribution in [3.8, 4) is 5.75 Å². The van der Waals surface area contributed by atoms with E-state index < -0.39 is 34.4 Å². The van der Waals surface area contributed by atoms with Crippen LogP contribution in [0.25, 0.3) is 0 Å². The van der Waals surface area contributed by atoms with E-state index in [9.17, 15) is 18.0 Å². The van der Waals surface area contributed by atoms with Crippen LogP contribution in [0.4, 0.5) is 0 Å². The molecule has 0 spiro atoms. The van der Waals surface area contributed by atoms with E-state index in [1.165, 1.54) is 25.3 Å². The van der Waals surface area contributed by atoms with Gasteiger partial charge < -0.3 is 14.9 Å². The van der Waals surface area contributed by atoms with Crippen molar-refractivity contribution in [1.82, 2.24) is 4.72 Å². The third-order valence-electron chi connectivity index (χ3n) is 2.60. The number of hydrogen-bond donors (Lipinski definition) is 3. The largest absolute Gasteiger partial charge is 0.495 e. The third-order valence-corrected chi connectivity index (χ3v) is 4.11. The SMILES string of the molecule is COc1ccccc1S(=O)(=O)NC(CCC(=O)O)C(=O)O. The van der Waals surface area contributed by atoms with Gasteiger partial charge in [-0.2, -0.15) is 4.72 Å². The highest BCUT2D eigenvalue weighted by molar-refractivity contribution is 7.89. The summed E-state index contributed by atoms with van der Waals surface area (Å²) in [5.74, 6) is -2.60. The predicted octanol–water partition coefficient (Wildman–Crippen LogP) is 0.291. The van der Waals surface area contributed by atoms with Gasteiger partial charge in [-0.1, -0.05) is 12.1 Å². The summed E-state index contributed by atoms with van der Waals surface area (Å²) in [5, 5.41) is 17.5. The normalized spacial score (nSPS) is 12.6. The first-order valence-electron chi connectivity index (χ1n) is 5.88. The number of para-hydroxylation sites is 1. The van der Waals surface area contributed by atoms with E-state index in [2.05, 4.69) is 0 Å². The number of carbonyl (C=O) groups is 2. The molecule has 1 aromatic rings. The zero-order chi connectivity index (χ0) is 16.0. The minimum Gasteiger partial charge on any atom is -0.495 e. The molecule has 1 atom stereocenters. The van der Waals surface area contributed by atoms with E-state index >= 15 is 0 Å². The molecule has 0 saturated heterocycles. The second-order valence-corrected chi connectivity index (χ2v) is 5.78. The summed E-state index contributed by atoms with van der Waals surface area (Å²) in [6, 6.07) is 4.18. The molecule has 0 fully saturated rings. The van der Waals surface area contributed by atoms with E-state index in [4.69, 9.17) is 14.9 Å². The molecule has 116 valence electrons. The number of hydrogen-bond acceptors (Lipinski definition) is 5. The molecule has 21 heavy (non-hydrogen) atoms. The number of rotatable bonds is 8. The molecule has 0 aliphatic rings. The van der Waals surface area contributed by atoms with Gasteiger partial charge in [0.2, 0.25) is 10.0 Å². The quantitative estimate of drug-likeness (QED) is 0.628. The van der Waals surface area contributed by atoms with Crippen molar-refractivity contribution in [2.24, 2.45) is 0 Å². The Balaban J connectivity index is 3.00. The number of nitrogens with one attached hydrogen (secondary N) is 1. The lowest BCUT2D eigenvalue weighted by Crippen LogP contribution is -2.41. The Kier molecular flexibility index (Phi) is 5.68. The number of benzene rings is 1. The molecular formula is C12H15NO7S. The molecule has 1 rings (SSSR count). The van der Waals surface area contributed by atoms with Gasteiger partial charge in [0.25, 0.3) is 0 Å². The first-order valence-corrected chi connectivity index (χ1v) is 7.36. The summed E-state index contributed by atoms with van der Waals surface area (Å²) in [6.07, 6.45) is -0.829. The van der Waals surface area contributed by atoms with Gasteiger partial charge in [0.05, 0.1) is 7.11 Å². The Hall–Kier alpha value is -2.13. The van der Waals surface area contributed by atoms with Crippen molar-refractivity contribution in [2.45, 2.75) is 23.8 Å². The highest BCUT2D eigenvalue weighted by Gasteiger charge is 2.27. The lowest BCUT2D eigenvalue weighted by atomic mass is 10.2. The van der Waals surface area contributed by atoms with Gasteiger partial charge in [-0.3, -0.25) is 9.59 Å². The monoisotopic (exact) mass is 317 g/mol. The maximum atomic E-state index is 12.2. The molecule has 0 aromatic heterocycles. The third kappa shape index (κ3) is 4.72. The molecule has 0 heterocycles. The Morgan fingerprint density at radius 3 is 2.43 bits per heavy atom. The molecule has 0 bridgehead atoms. The second kappa shape index (κ2) is 7.04. The first kappa shape index (κ1) is 16.9. The Morgan fingerprint density at radius 1 is 1.29 bits per heavy atom. The lowest BCUT2D eigenvalue weighted by molar-refractivity contribution is -0.140. The second-order valence-electron chi connectivity index (χ2n) is 4.10. The smallest absolute Gasteiger partial charge is 0.321 e. The van der Waals surface area contributed by atoms with Crippen LogP contribution in [0.1, 0.15) is 12.8 Å². The van der Waals surface area contributed by atoms with Gasteiger partial charge in [-0.05, 0) is 18.6 Å². The average molecular weight is 317 g/mol. The highest BCUT2D eigenvalue weighted by Crippen LogP contribution is 2.23. The van der Waals surface area contributed by atoms with Crippen LogP contribution in [0.5, 0.6) is 5.75 Å². The van der Waals surface area contributed by atoms with Crippen molar-refractivity contribution in [2.75, 3.05) is 7.11 Å². The van der Waals surface area contributed by atoms with Gasteiger partial charge >= 0.3 is 11.9 Å². The summed E-state index contributed by atoms with van der Waals surface area (Å²) in [5.41, 5.74) is 0. The summed E-state index contributed by atoms with van der Waals surface area (Å²) in [6.45, 7) is 0. The van der Waals surface area contributed by atoms with Crippen LogP contribution < -0.4 is 9.46 Å². The lowest BCUT2D eigenvalue weighted by Gasteiger charge is -2.15. The van der Waals surface area contributed by atoms with Gasteiger partial charge in [-0.15, -0.1) is 0 Å². The summed E-state index contributed by atoms with van der Waals surface area (Å²) < 4.78 is 31.2. The van der Waals surface area contributed by atoms with Crippen LogP contribution in [0.2, 0.25) is 0 Å². The number of ether oxygens (including phenoxy) is 1. The molecule has 0 radical (unpaired) electrons. The van der Waals surface area contributed by atoms with E-state index in [1.807, 2.05) is 4.72 Å². The van der Waals surface area contributed by atoms with Crippen molar-refractivity contribution < 1.29 is 33.0 Å². The van der Waals surface area contributed by atoms with Crippen LogP contribution in [0, 0.1) is 0 Å². The van der Waals surface area contributed by atoms with Crippen molar-refractivity contribution >= 4 is 22.0 Å². The fourth-order valence-corrected chi connectivity index (χ4v) is 2.99. The number of sulfonamides is 1. The molecule has 1 aromatic carbocycles. The summed E-state index contributed by atoms with van der Waals surface area (Å²) in [4.78, 5) is 21.3. The van der Waals surface area contributed by atoms with Crippen LogP contribution in [0.3, 0.4) is 0 Å². The molecular weight excluding hydrogens is 302 g/mol. The summed E-state index contributed by atoms with van der Waals surface area (Å²) >= 11 is 0. The molecule has 1 unspecified atom stereocenters. The molecule has 0 aliphatic carbocycles. The zero-order valence-corrected chi connectivity index (χ0v) is 12.0. The van der Waals surface area contributed by atoms with Crippen LogP contribution in [-0.4, -0.2) is 43.7 Å². The Labute approximate surface area is 121 Å². The van der Waals surface area contributed by atoms with E-state index in [-0.39, 0.29) is 17.1 Å². The average Bonchev–Trinajstić information content (AvgIpc) is 2.42. The standard InChI is InChI=1S/C12H15NO7S/c1-20-9-4-2-3-5-10(9)21(18,19)13-8(12(16)17)6-7-11(14)15/h2-5,8,13H,6-7H2,1H3,(H,14,15)(H,16,17). The van der Waals surface area contributed by atoms with Gasteiger partial charge in [0.15, 0.2) is 0 Å². The van der Waals surface area contributed by atoms with Gasteiger partial charge in [0, 0.05) is 6.42 Å². The summed E-state index contributed by atoms with van der Waals surface area (Å²) in [7, 11) is -2.86. The number of aliphatic carboxylic acids is 2. The molecule has 0 aliphatic heterocycles. The van der Waals surface area contributed by atoms with Crippen molar-refractivity contribution in [3.05, 3.63) is 24.3 Å². The molecule has 0 saturated carbocycles. The topological polar surface area (TPSA) is 130 Å².